The third-order valence-electron chi connectivity index (χ3n) is 4.05. The highest BCUT2D eigenvalue weighted by molar-refractivity contribution is 5.97. The van der Waals surface area contributed by atoms with Crippen molar-refractivity contribution >= 4 is 23.5 Å². The highest BCUT2D eigenvalue weighted by Crippen LogP contribution is 2.13. The van der Waals surface area contributed by atoms with Gasteiger partial charge in [0.15, 0.2) is 6.10 Å². The molecule has 0 aliphatic heterocycles. The van der Waals surface area contributed by atoms with E-state index >= 15 is 0 Å². The maximum absolute atomic E-state index is 13.2. The van der Waals surface area contributed by atoms with Crippen LogP contribution in [0.25, 0.3) is 0 Å². The van der Waals surface area contributed by atoms with E-state index < -0.39 is 36.2 Å². The summed E-state index contributed by atoms with van der Waals surface area (Å²) in [6, 6.07) is 11.9. The Morgan fingerprint density at radius 3 is 2.50 bits per heavy atom. The summed E-state index contributed by atoms with van der Waals surface area (Å²) in [7, 11) is 0. The summed E-state index contributed by atoms with van der Waals surface area (Å²) in [5.41, 5.74) is 0.612. The van der Waals surface area contributed by atoms with Crippen LogP contribution >= 0.6 is 0 Å². The molecule has 2 amide bonds. The van der Waals surface area contributed by atoms with E-state index in [4.69, 9.17) is 9.47 Å². The molecule has 0 aliphatic carbocycles. The van der Waals surface area contributed by atoms with Crippen LogP contribution < -0.4 is 15.4 Å². The summed E-state index contributed by atoms with van der Waals surface area (Å²) >= 11 is 0. The monoisotopic (exact) mass is 416 g/mol. The molecule has 2 aromatic carbocycles. The highest BCUT2D eigenvalue weighted by Gasteiger charge is 2.18. The Bertz CT molecular complexity index is 870. The quantitative estimate of drug-likeness (QED) is 0.458. The third kappa shape index (κ3) is 7.54. The number of unbranched alkanes of at least 4 members (excludes halogenated alkanes) is 1. The summed E-state index contributed by atoms with van der Waals surface area (Å²) in [4.78, 5) is 36.1. The first-order chi connectivity index (χ1) is 14.4. The van der Waals surface area contributed by atoms with Crippen molar-refractivity contribution in [2.45, 2.75) is 32.8 Å². The lowest BCUT2D eigenvalue weighted by atomic mass is 10.2. The number of carbonyl (C=O) groups excluding carboxylic acids is 3. The smallest absolute Gasteiger partial charge is 0.326 e. The van der Waals surface area contributed by atoms with E-state index in [9.17, 15) is 18.8 Å². The van der Waals surface area contributed by atoms with Crippen LogP contribution in [-0.2, 0) is 14.3 Å². The first-order valence-electron chi connectivity index (χ1n) is 9.66. The Labute approximate surface area is 174 Å². The Hall–Kier alpha value is -3.42. The number of carbonyl (C=O) groups is 3. The Morgan fingerprint density at radius 1 is 1.10 bits per heavy atom. The SMILES string of the molecule is CCCCOc1ccc(C(=O)NCC(=O)O[C@H](C)C(=O)Nc2cccc(F)c2)cc1. The Balaban J connectivity index is 1.76. The zero-order valence-electron chi connectivity index (χ0n) is 16.9. The molecule has 0 saturated carbocycles. The third-order valence-corrected chi connectivity index (χ3v) is 4.05. The van der Waals surface area contributed by atoms with Crippen LogP contribution in [0, 0.1) is 5.82 Å². The second kappa shape index (κ2) is 11.5. The van der Waals surface area contributed by atoms with E-state index in [0.717, 1.165) is 18.9 Å². The fourth-order valence-corrected chi connectivity index (χ4v) is 2.39. The van der Waals surface area contributed by atoms with Crippen LogP contribution in [0.3, 0.4) is 0 Å². The molecule has 0 aromatic heterocycles. The van der Waals surface area contributed by atoms with Crippen LogP contribution in [0.2, 0.25) is 0 Å². The zero-order valence-corrected chi connectivity index (χ0v) is 16.9. The van der Waals surface area contributed by atoms with Crippen molar-refractivity contribution in [2.75, 3.05) is 18.5 Å². The van der Waals surface area contributed by atoms with Crippen LogP contribution in [0.1, 0.15) is 37.0 Å². The van der Waals surface area contributed by atoms with Gasteiger partial charge >= 0.3 is 5.97 Å². The van der Waals surface area contributed by atoms with Crippen molar-refractivity contribution in [1.29, 1.82) is 0 Å². The van der Waals surface area contributed by atoms with E-state index in [1.165, 1.54) is 25.1 Å². The van der Waals surface area contributed by atoms with Crippen molar-refractivity contribution in [3.8, 4) is 5.75 Å². The molecule has 0 radical (unpaired) electrons. The van der Waals surface area contributed by atoms with Gasteiger partial charge in [-0.3, -0.25) is 14.4 Å². The van der Waals surface area contributed by atoms with E-state index in [1.807, 2.05) is 0 Å². The zero-order chi connectivity index (χ0) is 21.9. The molecule has 1 atom stereocenters. The van der Waals surface area contributed by atoms with Crippen LogP contribution in [0.4, 0.5) is 10.1 Å². The van der Waals surface area contributed by atoms with E-state index in [-0.39, 0.29) is 5.69 Å². The molecule has 0 saturated heterocycles. The fourth-order valence-electron chi connectivity index (χ4n) is 2.39. The topological polar surface area (TPSA) is 93.7 Å². The van der Waals surface area contributed by atoms with Gasteiger partial charge in [-0.05, 0) is 55.8 Å². The Morgan fingerprint density at radius 2 is 1.83 bits per heavy atom. The molecule has 0 bridgehead atoms. The molecule has 8 heteroatoms. The van der Waals surface area contributed by atoms with Gasteiger partial charge in [-0.2, -0.15) is 0 Å². The molecular weight excluding hydrogens is 391 g/mol. The van der Waals surface area contributed by atoms with Gasteiger partial charge in [0.25, 0.3) is 11.8 Å². The molecule has 2 aromatic rings. The number of hydrogen-bond donors (Lipinski definition) is 2. The van der Waals surface area contributed by atoms with Gasteiger partial charge in [-0.25, -0.2) is 4.39 Å². The van der Waals surface area contributed by atoms with Gasteiger partial charge < -0.3 is 20.1 Å². The van der Waals surface area contributed by atoms with Crippen molar-refractivity contribution in [1.82, 2.24) is 5.32 Å². The minimum atomic E-state index is -1.11. The van der Waals surface area contributed by atoms with Crippen molar-refractivity contribution in [3.63, 3.8) is 0 Å². The van der Waals surface area contributed by atoms with E-state index in [2.05, 4.69) is 17.6 Å². The molecule has 160 valence electrons. The van der Waals surface area contributed by atoms with Gasteiger partial charge in [0, 0.05) is 11.3 Å². The first-order valence-corrected chi connectivity index (χ1v) is 9.66. The standard InChI is InChI=1S/C22H25FN2O5/c1-3-4-12-29-19-10-8-16(9-11-19)22(28)24-14-20(26)30-15(2)21(27)25-18-7-5-6-17(23)13-18/h5-11,13,15H,3-4,12,14H2,1-2H3,(H,24,28)(H,25,27)/t15-/m1/s1. The highest BCUT2D eigenvalue weighted by atomic mass is 19.1. The first kappa shape index (κ1) is 22.9. The van der Waals surface area contributed by atoms with Crippen LogP contribution in [0.15, 0.2) is 48.5 Å². The number of ether oxygens (including phenoxy) is 2. The molecule has 7 nitrogen and oxygen atoms in total. The van der Waals surface area contributed by atoms with Crippen molar-refractivity contribution in [2.24, 2.45) is 0 Å². The largest absolute Gasteiger partial charge is 0.494 e. The fraction of sp³-hybridized carbons (Fsp3) is 0.318. The summed E-state index contributed by atoms with van der Waals surface area (Å²) < 4.78 is 23.7. The van der Waals surface area contributed by atoms with E-state index in [1.54, 1.807) is 24.3 Å². The minimum absolute atomic E-state index is 0.248. The van der Waals surface area contributed by atoms with Gasteiger partial charge in [0.2, 0.25) is 0 Å². The molecule has 2 rings (SSSR count). The number of nitrogens with one attached hydrogen (secondary N) is 2. The average molecular weight is 416 g/mol. The van der Waals surface area contributed by atoms with Crippen molar-refractivity contribution < 1.29 is 28.2 Å². The number of halogens is 1. The van der Waals surface area contributed by atoms with Gasteiger partial charge in [0.05, 0.1) is 6.61 Å². The average Bonchev–Trinajstić information content (AvgIpc) is 2.72. The Kier molecular flexibility index (Phi) is 8.80. The normalized spacial score (nSPS) is 11.3. The maximum atomic E-state index is 13.2. The molecule has 2 N–H and O–H groups in total. The molecule has 0 fully saturated rings. The summed E-state index contributed by atoms with van der Waals surface area (Å²) in [5, 5.41) is 4.88. The van der Waals surface area contributed by atoms with Gasteiger partial charge in [-0.1, -0.05) is 19.4 Å². The molecule has 30 heavy (non-hydrogen) atoms. The number of rotatable bonds is 10. The molecule has 0 heterocycles. The van der Waals surface area contributed by atoms with Gasteiger partial charge in [0.1, 0.15) is 18.1 Å². The predicted octanol–water partition coefficient (Wildman–Crippen LogP) is 3.30. The van der Waals surface area contributed by atoms with Crippen molar-refractivity contribution in [3.05, 3.63) is 59.9 Å². The predicted molar refractivity (Wildman–Crippen MR) is 110 cm³/mol. The van der Waals surface area contributed by atoms with Gasteiger partial charge in [-0.15, -0.1) is 0 Å². The minimum Gasteiger partial charge on any atom is -0.494 e. The maximum Gasteiger partial charge on any atom is 0.326 e. The summed E-state index contributed by atoms with van der Waals surface area (Å²) in [6.07, 6.45) is 0.863. The van der Waals surface area contributed by atoms with E-state index in [0.29, 0.717) is 17.9 Å². The molecule has 0 aliphatic rings. The summed E-state index contributed by atoms with van der Waals surface area (Å²) in [5.74, 6) is -1.68. The molecule has 0 unspecified atom stereocenters. The molecular formula is C22H25FN2O5. The van der Waals surface area contributed by atoms with Crippen LogP contribution in [0.5, 0.6) is 5.75 Å². The number of hydrogen-bond acceptors (Lipinski definition) is 5. The lowest BCUT2D eigenvalue weighted by molar-refractivity contribution is -0.152. The lowest BCUT2D eigenvalue weighted by Gasteiger charge is -2.14. The van der Waals surface area contributed by atoms with Crippen LogP contribution in [-0.4, -0.2) is 37.0 Å². The molecule has 0 spiro atoms. The number of amides is 2. The second-order valence-electron chi connectivity index (χ2n) is 6.54. The number of benzene rings is 2. The summed E-state index contributed by atoms with van der Waals surface area (Å²) in [6.45, 7) is 3.66. The lowest BCUT2D eigenvalue weighted by Crippen LogP contribution is -2.35. The number of anilines is 1. The second-order valence-corrected chi connectivity index (χ2v) is 6.54. The number of esters is 1.